The van der Waals surface area contributed by atoms with Gasteiger partial charge in [0.25, 0.3) is 0 Å². The van der Waals surface area contributed by atoms with Crippen LogP contribution in [0.2, 0.25) is 0 Å². The van der Waals surface area contributed by atoms with E-state index in [1.165, 1.54) is 18.2 Å². The number of benzene rings is 2. The van der Waals surface area contributed by atoms with Gasteiger partial charge in [-0.3, -0.25) is 0 Å². The number of rotatable bonds is 4. The van der Waals surface area contributed by atoms with Crippen molar-refractivity contribution in [3.8, 4) is 5.75 Å². The molecule has 0 aromatic heterocycles. The highest BCUT2D eigenvalue weighted by atomic mass is 79.9. The molecule has 0 amide bonds. The van der Waals surface area contributed by atoms with Crippen LogP contribution < -0.4 is 4.74 Å². The van der Waals surface area contributed by atoms with E-state index in [1.807, 2.05) is 0 Å². The van der Waals surface area contributed by atoms with Crippen LogP contribution in [0, 0.1) is 6.92 Å². The minimum Gasteiger partial charge on any atom is -0.488 e. The zero-order valence-electron chi connectivity index (χ0n) is 11.9. The average Bonchev–Trinajstić information content (AvgIpc) is 2.47. The Balaban J connectivity index is 2.34. The Kier molecular flexibility index (Phi) is 5.23. The largest absolute Gasteiger partial charge is 0.488 e. The van der Waals surface area contributed by atoms with E-state index in [-0.39, 0.29) is 18.0 Å². The molecule has 0 spiro atoms. The molecule has 0 bridgehead atoms. The third kappa shape index (κ3) is 4.21. The average molecular weight is 386 g/mol. The molecule has 23 heavy (non-hydrogen) atoms. The van der Waals surface area contributed by atoms with Crippen LogP contribution in [0.3, 0.4) is 0 Å². The molecule has 0 radical (unpaired) electrons. The highest BCUT2D eigenvalue weighted by molar-refractivity contribution is 9.10. The van der Waals surface area contributed by atoms with Crippen molar-refractivity contribution in [1.29, 1.82) is 0 Å². The molecular weight excluding hydrogens is 375 g/mol. The van der Waals surface area contributed by atoms with E-state index >= 15 is 0 Å². The fourth-order valence-electron chi connectivity index (χ4n) is 1.99. The lowest BCUT2D eigenvalue weighted by Gasteiger charge is -2.15. The van der Waals surface area contributed by atoms with Crippen molar-refractivity contribution < 1.29 is 22.7 Å². The number of nitrogens with zero attached hydrogens (tertiary/aromatic N) is 1. The summed E-state index contributed by atoms with van der Waals surface area (Å²) < 4.78 is 45.1. The normalized spacial score (nSPS) is 11.0. The van der Waals surface area contributed by atoms with Crippen molar-refractivity contribution in [1.82, 2.24) is 0 Å². The summed E-state index contributed by atoms with van der Waals surface area (Å²) in [6.07, 6.45) is -3.10. The van der Waals surface area contributed by atoms with Crippen molar-refractivity contribution in [3.63, 3.8) is 0 Å². The van der Waals surface area contributed by atoms with E-state index < -0.39 is 11.7 Å². The fourth-order valence-corrected chi connectivity index (χ4v) is 2.46. The Bertz CT molecular complexity index is 768. The second-order valence-corrected chi connectivity index (χ2v) is 5.58. The highest BCUT2D eigenvalue weighted by Gasteiger charge is 2.34. The maximum Gasteiger partial charge on any atom is 0.419 e. The minimum absolute atomic E-state index is 0.173. The second-order valence-electron chi connectivity index (χ2n) is 4.73. The molecule has 2 aromatic rings. The van der Waals surface area contributed by atoms with Crippen LogP contribution in [0.25, 0.3) is 0 Å². The topological polar surface area (TPSA) is 38.7 Å². The van der Waals surface area contributed by atoms with Crippen LogP contribution in [-0.4, -0.2) is 6.08 Å². The maximum atomic E-state index is 13.1. The number of hydrogen-bond acceptors (Lipinski definition) is 3. The first-order valence-corrected chi connectivity index (χ1v) is 7.28. The molecule has 3 nitrogen and oxygen atoms in total. The van der Waals surface area contributed by atoms with E-state index in [2.05, 4.69) is 20.9 Å². The van der Waals surface area contributed by atoms with E-state index in [1.54, 1.807) is 25.1 Å². The molecule has 0 unspecified atom stereocenters. The zero-order valence-corrected chi connectivity index (χ0v) is 13.5. The summed E-state index contributed by atoms with van der Waals surface area (Å²) >= 11 is 3.27. The number of ether oxygens (including phenoxy) is 1. The number of halogens is 4. The summed E-state index contributed by atoms with van der Waals surface area (Å²) in [6, 6.07) is 8.72. The monoisotopic (exact) mass is 385 g/mol. The van der Waals surface area contributed by atoms with Gasteiger partial charge in [0.15, 0.2) is 0 Å². The summed E-state index contributed by atoms with van der Waals surface area (Å²) in [4.78, 5) is 14.0. The van der Waals surface area contributed by atoms with Crippen LogP contribution in [-0.2, 0) is 17.6 Å². The summed E-state index contributed by atoms with van der Waals surface area (Å²) in [7, 11) is 0. The molecule has 0 fully saturated rings. The molecule has 0 aliphatic rings. The predicted octanol–water partition coefficient (Wildman–Crippen LogP) is 5.32. The van der Waals surface area contributed by atoms with E-state index in [0.29, 0.717) is 15.6 Å². The Morgan fingerprint density at radius 1 is 1.26 bits per heavy atom. The summed E-state index contributed by atoms with van der Waals surface area (Å²) in [6.45, 7) is 1.40. The van der Waals surface area contributed by atoms with Gasteiger partial charge < -0.3 is 4.74 Å². The van der Waals surface area contributed by atoms with Gasteiger partial charge in [-0.2, -0.15) is 18.2 Å². The van der Waals surface area contributed by atoms with Crippen molar-refractivity contribution in [2.45, 2.75) is 19.7 Å². The lowest BCUT2D eigenvalue weighted by Crippen LogP contribution is -2.09. The Morgan fingerprint density at radius 2 is 2.00 bits per heavy atom. The standard InChI is InChI=1S/C16H11BrF3NO2/c1-10-5-6-15(12(7-10)16(18,19)20)23-8-11-13(17)3-2-4-14(11)21-9-22/h2-7H,8H2,1H3. The van der Waals surface area contributed by atoms with E-state index in [9.17, 15) is 18.0 Å². The summed E-state index contributed by atoms with van der Waals surface area (Å²) in [5, 5.41) is 0. The van der Waals surface area contributed by atoms with Crippen molar-refractivity contribution in [3.05, 3.63) is 57.6 Å². The third-order valence-electron chi connectivity index (χ3n) is 3.07. The molecule has 0 atom stereocenters. The number of carbonyl (C=O) groups excluding carboxylic acids is 1. The van der Waals surface area contributed by atoms with Gasteiger partial charge in [-0.15, -0.1) is 0 Å². The number of alkyl halides is 3. The number of hydrogen-bond donors (Lipinski definition) is 0. The molecular formula is C16H11BrF3NO2. The lowest BCUT2D eigenvalue weighted by atomic mass is 10.1. The zero-order chi connectivity index (χ0) is 17.0. The first kappa shape index (κ1) is 17.2. The van der Waals surface area contributed by atoms with Gasteiger partial charge >= 0.3 is 6.18 Å². The molecule has 0 heterocycles. The predicted molar refractivity (Wildman–Crippen MR) is 82.4 cm³/mol. The minimum atomic E-state index is -4.51. The summed E-state index contributed by atoms with van der Waals surface area (Å²) in [5.74, 6) is -0.278. The molecule has 0 saturated heterocycles. The number of isocyanates is 1. The molecule has 120 valence electrons. The second kappa shape index (κ2) is 6.98. The van der Waals surface area contributed by atoms with Crippen LogP contribution >= 0.6 is 15.9 Å². The maximum absolute atomic E-state index is 13.1. The van der Waals surface area contributed by atoms with E-state index in [4.69, 9.17) is 4.74 Å². The molecule has 0 N–H and O–H groups in total. The molecule has 0 aliphatic heterocycles. The van der Waals surface area contributed by atoms with Crippen molar-refractivity contribution >= 4 is 27.7 Å². The lowest BCUT2D eigenvalue weighted by molar-refractivity contribution is -0.139. The van der Waals surface area contributed by atoms with Gasteiger partial charge in [0.05, 0.1) is 11.3 Å². The first-order valence-electron chi connectivity index (χ1n) is 6.49. The smallest absolute Gasteiger partial charge is 0.419 e. The quantitative estimate of drug-likeness (QED) is 0.527. The molecule has 7 heteroatoms. The fraction of sp³-hybridized carbons (Fsp3) is 0.188. The van der Waals surface area contributed by atoms with Gasteiger partial charge in [0.2, 0.25) is 6.08 Å². The molecule has 2 rings (SSSR count). The SMILES string of the molecule is Cc1ccc(OCc2c(Br)cccc2N=C=O)c(C(F)(F)F)c1. The van der Waals surface area contributed by atoms with Gasteiger partial charge in [0.1, 0.15) is 12.4 Å². The highest BCUT2D eigenvalue weighted by Crippen LogP contribution is 2.37. The van der Waals surface area contributed by atoms with Gasteiger partial charge in [-0.25, -0.2) is 4.79 Å². The molecule has 0 aliphatic carbocycles. The molecule has 2 aromatic carbocycles. The first-order chi connectivity index (χ1) is 10.8. The number of aryl methyl sites for hydroxylation is 1. The van der Waals surface area contributed by atoms with Crippen LogP contribution in [0.4, 0.5) is 18.9 Å². The van der Waals surface area contributed by atoms with Gasteiger partial charge in [-0.05, 0) is 31.2 Å². The Hall–Kier alpha value is -2.11. The van der Waals surface area contributed by atoms with Crippen LogP contribution in [0.5, 0.6) is 5.75 Å². The van der Waals surface area contributed by atoms with E-state index in [0.717, 1.165) is 6.07 Å². The van der Waals surface area contributed by atoms with Crippen LogP contribution in [0.1, 0.15) is 16.7 Å². The van der Waals surface area contributed by atoms with Gasteiger partial charge in [0, 0.05) is 10.0 Å². The Labute approximate surface area is 138 Å². The number of aliphatic imine (C=N–C) groups is 1. The molecule has 0 saturated carbocycles. The van der Waals surface area contributed by atoms with Crippen molar-refractivity contribution in [2.24, 2.45) is 4.99 Å². The van der Waals surface area contributed by atoms with Gasteiger partial charge in [-0.1, -0.05) is 33.6 Å². The Morgan fingerprint density at radius 3 is 2.65 bits per heavy atom. The summed E-state index contributed by atoms with van der Waals surface area (Å²) in [5.41, 5.74) is 0.390. The van der Waals surface area contributed by atoms with Crippen molar-refractivity contribution in [2.75, 3.05) is 0 Å². The third-order valence-corrected chi connectivity index (χ3v) is 3.82. The van der Waals surface area contributed by atoms with Crippen LogP contribution in [0.15, 0.2) is 45.9 Å².